The quantitative estimate of drug-likeness (QED) is 0.374. The first-order valence-electron chi connectivity index (χ1n) is 12.6. The number of carboxylic acids is 1. The van der Waals surface area contributed by atoms with Crippen LogP contribution in [-0.4, -0.2) is 44.8 Å². The number of ether oxygens (including phenoxy) is 2. The van der Waals surface area contributed by atoms with Crippen LogP contribution < -0.4 is 4.74 Å². The lowest BCUT2D eigenvalue weighted by Gasteiger charge is -2.30. The topological polar surface area (TPSA) is 76.8 Å². The van der Waals surface area contributed by atoms with Crippen LogP contribution in [-0.2, 0) is 37.4 Å². The molecule has 0 aliphatic carbocycles. The SMILES string of the molecule is O=C(O)c1ccc2nc(CN3CCc4ccc(OCc5ccc(F)cc5)cc4C3)n(C[C@@H]3CCO3)c2c1. The minimum Gasteiger partial charge on any atom is -0.489 e. The summed E-state index contributed by atoms with van der Waals surface area (Å²) in [5, 5.41) is 9.48. The summed E-state index contributed by atoms with van der Waals surface area (Å²) in [5.41, 5.74) is 5.34. The molecule has 1 atom stereocenters. The van der Waals surface area contributed by atoms with Crippen LogP contribution in [0.25, 0.3) is 11.0 Å². The van der Waals surface area contributed by atoms with Gasteiger partial charge in [-0.15, -0.1) is 0 Å². The molecule has 1 aromatic heterocycles. The molecule has 4 aromatic rings. The Kier molecular flexibility index (Phi) is 6.36. The summed E-state index contributed by atoms with van der Waals surface area (Å²) in [4.78, 5) is 18.8. The molecule has 7 nitrogen and oxygen atoms in total. The Morgan fingerprint density at radius 1 is 1.11 bits per heavy atom. The maximum Gasteiger partial charge on any atom is 0.335 e. The minimum absolute atomic E-state index is 0.132. The van der Waals surface area contributed by atoms with Crippen LogP contribution in [0.5, 0.6) is 5.75 Å². The van der Waals surface area contributed by atoms with E-state index in [0.717, 1.165) is 60.7 Å². The molecule has 2 aliphatic rings. The number of rotatable bonds is 8. The van der Waals surface area contributed by atoms with E-state index in [1.807, 2.05) is 6.07 Å². The van der Waals surface area contributed by atoms with Crippen LogP contribution in [0.2, 0.25) is 0 Å². The number of halogens is 1. The predicted octanol–water partition coefficient (Wildman–Crippen LogP) is 4.80. The lowest BCUT2D eigenvalue weighted by Crippen LogP contribution is -2.34. The number of imidazole rings is 1. The van der Waals surface area contributed by atoms with Crippen molar-refractivity contribution in [2.45, 2.75) is 45.2 Å². The normalized spacial score (nSPS) is 17.4. The standard InChI is InChI=1S/C29H28FN3O4/c30-23-5-1-19(2-6-23)18-37-24-7-3-20-9-11-32(15-22(20)13-24)17-28-31-26-8-4-21(29(34)35)14-27(26)33(28)16-25-10-12-36-25/h1-8,13-14,25H,9-12,15-18H2,(H,34,35)/t25-/m0/s1. The fourth-order valence-electron chi connectivity index (χ4n) is 5.03. The second-order valence-corrected chi connectivity index (χ2v) is 9.74. The molecule has 0 radical (unpaired) electrons. The molecule has 3 heterocycles. The third-order valence-corrected chi connectivity index (χ3v) is 7.21. The highest BCUT2D eigenvalue weighted by atomic mass is 19.1. The summed E-state index contributed by atoms with van der Waals surface area (Å²) in [6.07, 6.45) is 2.06. The molecular weight excluding hydrogens is 473 g/mol. The van der Waals surface area contributed by atoms with Crippen molar-refractivity contribution in [3.8, 4) is 5.75 Å². The Hall–Kier alpha value is -3.75. The third kappa shape index (κ3) is 5.08. The van der Waals surface area contributed by atoms with Crippen LogP contribution in [0, 0.1) is 5.82 Å². The number of carbonyl (C=O) groups is 1. The predicted molar refractivity (Wildman–Crippen MR) is 136 cm³/mol. The lowest BCUT2D eigenvalue weighted by molar-refractivity contribution is -0.0592. The van der Waals surface area contributed by atoms with Crippen LogP contribution in [0.1, 0.15) is 39.3 Å². The summed E-state index contributed by atoms with van der Waals surface area (Å²) >= 11 is 0. The molecule has 0 spiro atoms. The first kappa shape index (κ1) is 23.6. The van der Waals surface area contributed by atoms with E-state index in [4.69, 9.17) is 14.5 Å². The smallest absolute Gasteiger partial charge is 0.335 e. The van der Waals surface area contributed by atoms with Crippen molar-refractivity contribution in [2.75, 3.05) is 13.2 Å². The number of benzene rings is 3. The van der Waals surface area contributed by atoms with Gasteiger partial charge in [0.15, 0.2) is 0 Å². The highest BCUT2D eigenvalue weighted by Crippen LogP contribution is 2.27. The first-order chi connectivity index (χ1) is 18.0. The van der Waals surface area contributed by atoms with Crippen molar-refractivity contribution in [3.05, 3.63) is 94.6 Å². The monoisotopic (exact) mass is 501 g/mol. The number of carboxylic acid groups (broad SMARTS) is 1. The molecule has 0 saturated carbocycles. The van der Waals surface area contributed by atoms with Crippen molar-refractivity contribution in [2.24, 2.45) is 0 Å². The molecule has 37 heavy (non-hydrogen) atoms. The largest absolute Gasteiger partial charge is 0.489 e. The summed E-state index contributed by atoms with van der Waals surface area (Å²) in [7, 11) is 0. The Labute approximate surface area is 214 Å². The molecule has 1 saturated heterocycles. The van der Waals surface area contributed by atoms with E-state index in [1.165, 1.54) is 23.3 Å². The number of hydrogen-bond donors (Lipinski definition) is 1. The Morgan fingerprint density at radius 3 is 2.70 bits per heavy atom. The number of nitrogens with zero attached hydrogens (tertiary/aromatic N) is 3. The van der Waals surface area contributed by atoms with E-state index in [0.29, 0.717) is 19.7 Å². The molecule has 0 bridgehead atoms. The zero-order valence-electron chi connectivity index (χ0n) is 20.4. The van der Waals surface area contributed by atoms with Gasteiger partial charge in [0.05, 0.1) is 35.8 Å². The van der Waals surface area contributed by atoms with E-state index in [9.17, 15) is 14.3 Å². The van der Waals surface area contributed by atoms with Gasteiger partial charge in [-0.3, -0.25) is 4.90 Å². The van der Waals surface area contributed by atoms with Crippen molar-refractivity contribution in [1.82, 2.24) is 14.5 Å². The average molecular weight is 502 g/mol. The van der Waals surface area contributed by atoms with Crippen LogP contribution in [0.4, 0.5) is 4.39 Å². The van der Waals surface area contributed by atoms with Gasteiger partial charge in [0.1, 0.15) is 24.0 Å². The van der Waals surface area contributed by atoms with E-state index in [2.05, 4.69) is 21.6 Å². The number of aromatic nitrogens is 2. The Balaban J connectivity index is 1.20. The van der Waals surface area contributed by atoms with E-state index >= 15 is 0 Å². The van der Waals surface area contributed by atoms with Crippen molar-refractivity contribution >= 4 is 17.0 Å². The van der Waals surface area contributed by atoms with Gasteiger partial charge in [-0.2, -0.15) is 0 Å². The van der Waals surface area contributed by atoms with Gasteiger partial charge >= 0.3 is 5.97 Å². The second-order valence-electron chi connectivity index (χ2n) is 9.74. The van der Waals surface area contributed by atoms with Gasteiger partial charge in [-0.25, -0.2) is 14.2 Å². The molecule has 8 heteroatoms. The van der Waals surface area contributed by atoms with Crippen molar-refractivity contribution in [1.29, 1.82) is 0 Å². The fourth-order valence-corrected chi connectivity index (χ4v) is 5.03. The van der Waals surface area contributed by atoms with Gasteiger partial charge in [0, 0.05) is 19.7 Å². The number of hydrogen-bond acceptors (Lipinski definition) is 5. The second kappa shape index (κ2) is 9.95. The van der Waals surface area contributed by atoms with Crippen molar-refractivity contribution < 1.29 is 23.8 Å². The van der Waals surface area contributed by atoms with E-state index in [1.54, 1.807) is 30.3 Å². The molecule has 2 aliphatic heterocycles. The highest BCUT2D eigenvalue weighted by Gasteiger charge is 2.24. The van der Waals surface area contributed by atoms with E-state index < -0.39 is 5.97 Å². The summed E-state index contributed by atoms with van der Waals surface area (Å²) in [6, 6.07) is 17.7. The number of aromatic carboxylic acids is 1. The molecular formula is C29H28FN3O4. The van der Waals surface area contributed by atoms with Gasteiger partial charge < -0.3 is 19.1 Å². The third-order valence-electron chi connectivity index (χ3n) is 7.21. The van der Waals surface area contributed by atoms with Crippen LogP contribution in [0.3, 0.4) is 0 Å². The Morgan fingerprint density at radius 2 is 1.95 bits per heavy atom. The van der Waals surface area contributed by atoms with Gasteiger partial charge in [-0.05, 0) is 72.0 Å². The minimum atomic E-state index is -0.943. The Bertz CT molecular complexity index is 1450. The molecule has 0 unspecified atom stereocenters. The summed E-state index contributed by atoms with van der Waals surface area (Å²) in [5.74, 6) is 0.510. The summed E-state index contributed by atoms with van der Waals surface area (Å²) < 4.78 is 27.0. The first-order valence-corrected chi connectivity index (χ1v) is 12.6. The fraction of sp³-hybridized carbons (Fsp3) is 0.310. The molecule has 190 valence electrons. The van der Waals surface area contributed by atoms with Gasteiger partial charge in [0.25, 0.3) is 0 Å². The summed E-state index contributed by atoms with van der Waals surface area (Å²) in [6.45, 7) is 4.15. The molecule has 0 amide bonds. The molecule has 1 fully saturated rings. The highest BCUT2D eigenvalue weighted by molar-refractivity contribution is 5.92. The van der Waals surface area contributed by atoms with Crippen LogP contribution in [0.15, 0.2) is 60.7 Å². The van der Waals surface area contributed by atoms with Crippen LogP contribution >= 0.6 is 0 Å². The maximum atomic E-state index is 13.2. The maximum absolute atomic E-state index is 13.2. The molecule has 1 N–H and O–H groups in total. The molecule has 6 rings (SSSR count). The zero-order chi connectivity index (χ0) is 25.4. The van der Waals surface area contributed by atoms with Gasteiger partial charge in [-0.1, -0.05) is 18.2 Å². The molecule has 3 aromatic carbocycles. The number of fused-ring (bicyclic) bond motifs is 2. The van der Waals surface area contributed by atoms with Gasteiger partial charge in [0.2, 0.25) is 0 Å². The average Bonchev–Trinajstić information content (AvgIpc) is 3.21. The zero-order valence-corrected chi connectivity index (χ0v) is 20.4. The van der Waals surface area contributed by atoms with Crippen molar-refractivity contribution in [3.63, 3.8) is 0 Å². The lowest BCUT2D eigenvalue weighted by atomic mass is 9.99. The van der Waals surface area contributed by atoms with E-state index in [-0.39, 0.29) is 17.5 Å².